The van der Waals surface area contributed by atoms with Crippen molar-refractivity contribution in [1.29, 1.82) is 0 Å². The molecule has 2 aromatic carbocycles. The minimum Gasteiger partial charge on any atom is -0.407 e. The lowest BCUT2D eigenvalue weighted by Gasteiger charge is -2.27. The summed E-state index contributed by atoms with van der Waals surface area (Å²) in [6.07, 6.45) is 0. The van der Waals surface area contributed by atoms with E-state index in [2.05, 4.69) is 0 Å². The molecule has 0 radical (unpaired) electrons. The van der Waals surface area contributed by atoms with Gasteiger partial charge in [0.1, 0.15) is 5.75 Å². The third kappa shape index (κ3) is 3.72. The molecule has 0 fully saturated rings. The predicted octanol–water partition coefficient (Wildman–Crippen LogP) is 5.26. The van der Waals surface area contributed by atoms with E-state index in [9.17, 15) is 4.57 Å². The fourth-order valence-electron chi connectivity index (χ4n) is 1.68. The quantitative estimate of drug-likeness (QED) is 0.692. The zero-order valence-electron chi connectivity index (χ0n) is 11.5. The number of anilines is 1. The molecule has 4 nitrogen and oxygen atoms in total. The van der Waals surface area contributed by atoms with E-state index in [0.29, 0.717) is 10.7 Å². The molecule has 0 N–H and O–H groups in total. The van der Waals surface area contributed by atoms with Gasteiger partial charge in [-0.3, -0.25) is 9.19 Å². The number of hydrogen-bond acceptors (Lipinski definition) is 3. The van der Waals surface area contributed by atoms with Crippen LogP contribution in [0.2, 0.25) is 10.0 Å². The average Bonchev–Trinajstić information content (AvgIpc) is 2.50. The Kier molecular flexibility index (Phi) is 5.17. The van der Waals surface area contributed by atoms with Crippen LogP contribution in [0.25, 0.3) is 0 Å². The molecule has 0 spiro atoms. The van der Waals surface area contributed by atoms with Gasteiger partial charge in [0, 0.05) is 24.9 Å². The summed E-state index contributed by atoms with van der Waals surface area (Å²) in [6.45, 7) is 0. The fraction of sp³-hybridized carbons (Fsp3) is 0.143. The van der Waals surface area contributed by atoms with Crippen LogP contribution in [0.3, 0.4) is 0 Å². The topological polar surface area (TPSA) is 38.8 Å². The molecule has 0 amide bonds. The first-order chi connectivity index (χ1) is 9.96. The highest BCUT2D eigenvalue weighted by atomic mass is 35.5. The molecule has 0 aliphatic heterocycles. The molecule has 0 saturated carbocycles. The molecule has 112 valence electrons. The van der Waals surface area contributed by atoms with E-state index in [0.717, 1.165) is 0 Å². The Morgan fingerprint density at radius 3 is 2.33 bits per heavy atom. The number of nitrogens with zero attached hydrogens (tertiary/aromatic N) is 1. The molecule has 1 unspecified atom stereocenters. The van der Waals surface area contributed by atoms with Crippen LogP contribution in [0, 0.1) is 0 Å². The maximum Gasteiger partial charge on any atom is 0.488 e. The SMILES string of the molecule is COP(=O)(Oc1ccc(Cl)cc1Cl)N(C)c1ccccc1. The van der Waals surface area contributed by atoms with Gasteiger partial charge < -0.3 is 4.52 Å². The summed E-state index contributed by atoms with van der Waals surface area (Å²) in [7, 11) is -0.619. The van der Waals surface area contributed by atoms with Gasteiger partial charge in [-0.15, -0.1) is 0 Å². The van der Waals surface area contributed by atoms with Crippen LogP contribution in [0.5, 0.6) is 5.75 Å². The van der Waals surface area contributed by atoms with Crippen molar-refractivity contribution in [2.24, 2.45) is 0 Å². The molecule has 0 aliphatic rings. The van der Waals surface area contributed by atoms with Crippen LogP contribution in [0.4, 0.5) is 5.69 Å². The average molecular weight is 346 g/mol. The van der Waals surface area contributed by atoms with Crippen LogP contribution < -0.4 is 9.19 Å². The van der Waals surface area contributed by atoms with E-state index < -0.39 is 7.75 Å². The first-order valence-corrected chi connectivity index (χ1v) is 8.31. The third-order valence-electron chi connectivity index (χ3n) is 2.84. The van der Waals surface area contributed by atoms with Crippen molar-refractivity contribution in [3.05, 3.63) is 58.6 Å². The van der Waals surface area contributed by atoms with E-state index in [1.165, 1.54) is 17.8 Å². The summed E-state index contributed by atoms with van der Waals surface area (Å²) in [6, 6.07) is 13.8. The molecule has 0 aliphatic carbocycles. The lowest BCUT2D eigenvalue weighted by molar-refractivity contribution is 0.320. The zero-order chi connectivity index (χ0) is 15.5. The highest BCUT2D eigenvalue weighted by Gasteiger charge is 2.32. The summed E-state index contributed by atoms with van der Waals surface area (Å²) < 4.78 is 25.0. The Bertz CT molecular complexity index is 667. The highest BCUT2D eigenvalue weighted by Crippen LogP contribution is 2.53. The lowest BCUT2D eigenvalue weighted by Crippen LogP contribution is -2.18. The number of rotatable bonds is 5. The number of benzene rings is 2. The van der Waals surface area contributed by atoms with Crippen LogP contribution in [-0.4, -0.2) is 14.2 Å². The van der Waals surface area contributed by atoms with E-state index in [4.69, 9.17) is 32.2 Å². The van der Waals surface area contributed by atoms with Crippen LogP contribution in [-0.2, 0) is 9.09 Å². The summed E-state index contributed by atoms with van der Waals surface area (Å²) in [5, 5.41) is 0.734. The standard InChI is InChI=1S/C14H14Cl2NO3P/c1-17(12-6-4-3-5-7-12)21(18,19-2)20-14-9-8-11(15)10-13(14)16/h3-10H,1-2H3. The van der Waals surface area contributed by atoms with Gasteiger partial charge in [0.15, 0.2) is 0 Å². The second-order valence-corrected chi connectivity index (χ2v) is 7.10. The molecule has 2 rings (SSSR count). The highest BCUT2D eigenvalue weighted by molar-refractivity contribution is 7.56. The predicted molar refractivity (Wildman–Crippen MR) is 86.6 cm³/mol. The first kappa shape index (κ1) is 16.2. The Balaban J connectivity index is 2.31. The summed E-state index contributed by atoms with van der Waals surface area (Å²) in [4.78, 5) is 0. The summed E-state index contributed by atoms with van der Waals surface area (Å²) in [5.74, 6) is 0.244. The van der Waals surface area contributed by atoms with Crippen molar-refractivity contribution < 1.29 is 13.6 Å². The van der Waals surface area contributed by atoms with E-state index in [-0.39, 0.29) is 10.8 Å². The van der Waals surface area contributed by atoms with Crippen molar-refractivity contribution in [2.75, 3.05) is 18.8 Å². The monoisotopic (exact) mass is 345 g/mol. The zero-order valence-corrected chi connectivity index (χ0v) is 13.9. The second kappa shape index (κ2) is 6.71. The molecular formula is C14H14Cl2NO3P. The molecular weight excluding hydrogens is 332 g/mol. The van der Waals surface area contributed by atoms with Crippen molar-refractivity contribution in [2.45, 2.75) is 0 Å². The van der Waals surface area contributed by atoms with Gasteiger partial charge in [0.05, 0.1) is 5.02 Å². The Labute approximate surface area is 133 Å². The van der Waals surface area contributed by atoms with Crippen molar-refractivity contribution in [1.82, 2.24) is 0 Å². The maximum absolute atomic E-state index is 12.9. The van der Waals surface area contributed by atoms with E-state index >= 15 is 0 Å². The van der Waals surface area contributed by atoms with Crippen molar-refractivity contribution >= 4 is 36.6 Å². The number of hydrogen-bond donors (Lipinski definition) is 0. The van der Waals surface area contributed by atoms with Gasteiger partial charge in [-0.05, 0) is 30.3 Å². The lowest BCUT2D eigenvalue weighted by atomic mass is 10.3. The molecule has 0 saturated heterocycles. The molecule has 0 heterocycles. The minimum atomic E-state index is -3.57. The van der Waals surface area contributed by atoms with E-state index in [1.807, 2.05) is 18.2 Å². The molecule has 7 heteroatoms. The van der Waals surface area contributed by atoms with E-state index in [1.54, 1.807) is 31.3 Å². The van der Waals surface area contributed by atoms with Crippen LogP contribution in [0.1, 0.15) is 0 Å². The molecule has 0 bridgehead atoms. The van der Waals surface area contributed by atoms with Crippen molar-refractivity contribution in [3.63, 3.8) is 0 Å². The first-order valence-electron chi connectivity index (χ1n) is 6.06. The summed E-state index contributed by atoms with van der Waals surface area (Å²) in [5.41, 5.74) is 0.702. The Hall–Kier alpha value is -1.19. The van der Waals surface area contributed by atoms with Gasteiger partial charge in [-0.1, -0.05) is 41.4 Å². The Morgan fingerprint density at radius 2 is 1.76 bits per heavy atom. The largest absolute Gasteiger partial charge is 0.488 e. The molecule has 21 heavy (non-hydrogen) atoms. The molecule has 2 aromatic rings. The fourth-order valence-corrected chi connectivity index (χ4v) is 3.45. The van der Waals surface area contributed by atoms with Gasteiger partial charge in [-0.2, -0.15) is 0 Å². The second-order valence-electron chi connectivity index (χ2n) is 4.18. The van der Waals surface area contributed by atoms with Gasteiger partial charge >= 0.3 is 7.75 Å². The minimum absolute atomic E-state index is 0.244. The Morgan fingerprint density at radius 1 is 1.10 bits per heavy atom. The normalized spacial score (nSPS) is 13.5. The van der Waals surface area contributed by atoms with Gasteiger partial charge in [0.25, 0.3) is 0 Å². The smallest absolute Gasteiger partial charge is 0.407 e. The van der Waals surface area contributed by atoms with Crippen LogP contribution >= 0.6 is 30.9 Å². The third-order valence-corrected chi connectivity index (χ3v) is 5.22. The van der Waals surface area contributed by atoms with Crippen LogP contribution in [0.15, 0.2) is 48.5 Å². The maximum atomic E-state index is 12.9. The molecule has 0 aromatic heterocycles. The van der Waals surface area contributed by atoms with Gasteiger partial charge in [0.2, 0.25) is 0 Å². The van der Waals surface area contributed by atoms with Gasteiger partial charge in [-0.25, -0.2) is 4.57 Å². The van der Waals surface area contributed by atoms with Crippen molar-refractivity contribution in [3.8, 4) is 5.75 Å². The number of halogens is 2. The molecule has 1 atom stereocenters. The summed E-state index contributed by atoms with van der Waals surface area (Å²) >= 11 is 11.9. The number of para-hydroxylation sites is 1.